The SMILES string of the molecule is c1cnc(N2CCN(c3nc4cccnc4s3)CC2)nc1. The van der Waals surface area contributed by atoms with Gasteiger partial charge in [-0.05, 0) is 18.2 Å². The summed E-state index contributed by atoms with van der Waals surface area (Å²) in [7, 11) is 0. The Morgan fingerprint density at radius 2 is 1.57 bits per heavy atom. The van der Waals surface area contributed by atoms with Crippen molar-refractivity contribution >= 4 is 32.8 Å². The summed E-state index contributed by atoms with van der Waals surface area (Å²) >= 11 is 1.65. The van der Waals surface area contributed by atoms with Gasteiger partial charge in [0.2, 0.25) is 5.95 Å². The molecule has 1 fully saturated rings. The van der Waals surface area contributed by atoms with Crippen molar-refractivity contribution in [1.29, 1.82) is 0 Å². The van der Waals surface area contributed by atoms with E-state index in [0.717, 1.165) is 47.6 Å². The van der Waals surface area contributed by atoms with Crippen molar-refractivity contribution in [1.82, 2.24) is 19.9 Å². The molecule has 3 aromatic heterocycles. The molecule has 1 saturated heterocycles. The largest absolute Gasteiger partial charge is 0.344 e. The number of fused-ring (bicyclic) bond motifs is 1. The Bertz CT molecular complexity index is 702. The van der Waals surface area contributed by atoms with E-state index in [2.05, 4.69) is 29.7 Å². The van der Waals surface area contributed by atoms with Gasteiger partial charge in [-0.25, -0.2) is 19.9 Å². The number of aromatic nitrogens is 4. The van der Waals surface area contributed by atoms with Crippen molar-refractivity contribution < 1.29 is 0 Å². The van der Waals surface area contributed by atoms with Gasteiger partial charge in [-0.2, -0.15) is 0 Å². The maximum Gasteiger partial charge on any atom is 0.225 e. The third-order valence-electron chi connectivity index (χ3n) is 3.54. The van der Waals surface area contributed by atoms with Gasteiger partial charge in [-0.1, -0.05) is 11.3 Å². The van der Waals surface area contributed by atoms with Crippen LogP contribution in [0.5, 0.6) is 0 Å². The summed E-state index contributed by atoms with van der Waals surface area (Å²) in [4.78, 5) is 23.2. The first-order chi connectivity index (χ1) is 10.4. The van der Waals surface area contributed by atoms with E-state index in [1.165, 1.54) is 0 Å². The lowest BCUT2D eigenvalue weighted by atomic mass is 10.3. The summed E-state index contributed by atoms with van der Waals surface area (Å²) < 4.78 is 0. The van der Waals surface area contributed by atoms with Crippen LogP contribution in [0, 0.1) is 0 Å². The van der Waals surface area contributed by atoms with Gasteiger partial charge in [0, 0.05) is 44.8 Å². The fraction of sp³-hybridized carbons (Fsp3) is 0.286. The summed E-state index contributed by atoms with van der Waals surface area (Å²) in [6.07, 6.45) is 5.39. The summed E-state index contributed by atoms with van der Waals surface area (Å²) in [5.74, 6) is 0.808. The van der Waals surface area contributed by atoms with Gasteiger partial charge in [0.1, 0.15) is 10.3 Å². The Balaban J connectivity index is 1.50. The minimum Gasteiger partial charge on any atom is -0.344 e. The first-order valence-corrected chi connectivity index (χ1v) is 7.70. The molecule has 0 spiro atoms. The maximum atomic E-state index is 4.67. The number of hydrogen-bond donors (Lipinski definition) is 0. The number of anilines is 2. The zero-order valence-electron chi connectivity index (χ0n) is 11.4. The molecule has 7 heteroatoms. The van der Waals surface area contributed by atoms with Gasteiger partial charge in [-0.15, -0.1) is 0 Å². The molecule has 0 radical (unpaired) electrons. The Morgan fingerprint density at radius 1 is 0.857 bits per heavy atom. The van der Waals surface area contributed by atoms with E-state index in [9.17, 15) is 0 Å². The molecule has 0 bridgehead atoms. The van der Waals surface area contributed by atoms with E-state index in [1.54, 1.807) is 23.7 Å². The molecule has 21 heavy (non-hydrogen) atoms. The summed E-state index contributed by atoms with van der Waals surface area (Å²) in [6.45, 7) is 3.68. The monoisotopic (exact) mass is 298 g/mol. The number of thiazole rings is 1. The van der Waals surface area contributed by atoms with Crippen LogP contribution in [-0.2, 0) is 0 Å². The lowest BCUT2D eigenvalue weighted by Gasteiger charge is -2.34. The zero-order chi connectivity index (χ0) is 14.1. The van der Waals surface area contributed by atoms with Gasteiger partial charge in [-0.3, -0.25) is 0 Å². The third kappa shape index (κ3) is 2.40. The Kier molecular flexibility index (Phi) is 3.11. The molecule has 3 aromatic rings. The summed E-state index contributed by atoms with van der Waals surface area (Å²) in [5.41, 5.74) is 0.978. The highest BCUT2D eigenvalue weighted by Crippen LogP contribution is 2.27. The van der Waals surface area contributed by atoms with Crippen LogP contribution in [-0.4, -0.2) is 46.1 Å². The molecule has 0 aromatic carbocycles. The van der Waals surface area contributed by atoms with Crippen LogP contribution in [0.25, 0.3) is 10.3 Å². The molecular weight excluding hydrogens is 284 g/mol. The smallest absolute Gasteiger partial charge is 0.225 e. The van der Waals surface area contributed by atoms with Gasteiger partial charge in [0.05, 0.1) is 0 Å². The number of piperazine rings is 1. The standard InChI is InChI=1S/C14H14N6S/c1-3-11-12(15-4-1)21-14(18-11)20-9-7-19(8-10-20)13-16-5-2-6-17-13/h1-6H,7-10H2. The van der Waals surface area contributed by atoms with Crippen molar-refractivity contribution in [2.24, 2.45) is 0 Å². The lowest BCUT2D eigenvalue weighted by Crippen LogP contribution is -2.47. The molecule has 0 amide bonds. The molecule has 0 N–H and O–H groups in total. The van der Waals surface area contributed by atoms with Gasteiger partial charge < -0.3 is 9.80 Å². The zero-order valence-corrected chi connectivity index (χ0v) is 12.2. The van der Waals surface area contributed by atoms with Crippen molar-refractivity contribution in [3.8, 4) is 0 Å². The van der Waals surface area contributed by atoms with E-state index in [1.807, 2.05) is 24.4 Å². The Hall–Kier alpha value is -2.28. The van der Waals surface area contributed by atoms with Gasteiger partial charge in [0.15, 0.2) is 5.13 Å². The van der Waals surface area contributed by atoms with Crippen LogP contribution >= 0.6 is 11.3 Å². The molecule has 0 saturated carbocycles. The Labute approximate surface area is 126 Å². The molecule has 1 aliphatic heterocycles. The maximum absolute atomic E-state index is 4.67. The lowest BCUT2D eigenvalue weighted by molar-refractivity contribution is 0.639. The number of pyridine rings is 1. The van der Waals surface area contributed by atoms with E-state index in [0.29, 0.717) is 0 Å². The summed E-state index contributed by atoms with van der Waals surface area (Å²) in [5, 5.41) is 1.05. The minimum absolute atomic E-state index is 0.808. The molecular formula is C14H14N6S. The molecule has 4 rings (SSSR count). The fourth-order valence-corrected chi connectivity index (χ4v) is 3.41. The minimum atomic E-state index is 0.808. The van der Waals surface area contributed by atoms with Crippen molar-refractivity contribution in [3.05, 3.63) is 36.8 Å². The van der Waals surface area contributed by atoms with Crippen LogP contribution in [0.1, 0.15) is 0 Å². The molecule has 4 heterocycles. The third-order valence-corrected chi connectivity index (χ3v) is 4.58. The van der Waals surface area contributed by atoms with Crippen LogP contribution < -0.4 is 9.80 Å². The first-order valence-electron chi connectivity index (χ1n) is 6.89. The van der Waals surface area contributed by atoms with E-state index in [4.69, 9.17) is 0 Å². The highest BCUT2D eigenvalue weighted by molar-refractivity contribution is 7.21. The molecule has 6 nitrogen and oxygen atoms in total. The van der Waals surface area contributed by atoms with Crippen LogP contribution in [0.4, 0.5) is 11.1 Å². The highest BCUT2D eigenvalue weighted by atomic mass is 32.1. The second kappa shape index (κ2) is 5.25. The molecule has 0 atom stereocenters. The second-order valence-corrected chi connectivity index (χ2v) is 5.80. The Morgan fingerprint density at radius 3 is 2.33 bits per heavy atom. The normalized spacial score (nSPS) is 15.6. The molecule has 0 aliphatic carbocycles. The van der Waals surface area contributed by atoms with Gasteiger partial charge >= 0.3 is 0 Å². The van der Waals surface area contributed by atoms with Gasteiger partial charge in [0.25, 0.3) is 0 Å². The first kappa shape index (κ1) is 12.5. The predicted octanol–water partition coefficient (Wildman–Crippen LogP) is 1.81. The quantitative estimate of drug-likeness (QED) is 0.719. The fourth-order valence-electron chi connectivity index (χ4n) is 2.45. The predicted molar refractivity (Wildman–Crippen MR) is 83.9 cm³/mol. The molecule has 1 aliphatic rings. The number of nitrogens with zero attached hydrogens (tertiary/aromatic N) is 6. The van der Waals surface area contributed by atoms with Crippen molar-refractivity contribution in [2.45, 2.75) is 0 Å². The number of hydrogen-bond acceptors (Lipinski definition) is 7. The van der Waals surface area contributed by atoms with Crippen LogP contribution in [0.15, 0.2) is 36.8 Å². The average molecular weight is 298 g/mol. The average Bonchev–Trinajstić information content (AvgIpc) is 3.00. The number of rotatable bonds is 2. The highest BCUT2D eigenvalue weighted by Gasteiger charge is 2.21. The van der Waals surface area contributed by atoms with E-state index >= 15 is 0 Å². The second-order valence-electron chi connectivity index (χ2n) is 4.85. The molecule has 0 unspecified atom stereocenters. The topological polar surface area (TPSA) is 58.0 Å². The van der Waals surface area contributed by atoms with E-state index in [-0.39, 0.29) is 0 Å². The molecule has 106 valence electrons. The van der Waals surface area contributed by atoms with Crippen molar-refractivity contribution in [2.75, 3.05) is 36.0 Å². The van der Waals surface area contributed by atoms with E-state index < -0.39 is 0 Å². The summed E-state index contributed by atoms with van der Waals surface area (Å²) in [6, 6.07) is 5.78. The van der Waals surface area contributed by atoms with Crippen LogP contribution in [0.3, 0.4) is 0 Å². The van der Waals surface area contributed by atoms with Crippen molar-refractivity contribution in [3.63, 3.8) is 0 Å². The van der Waals surface area contributed by atoms with Crippen LogP contribution in [0.2, 0.25) is 0 Å².